The van der Waals surface area contributed by atoms with Crippen LogP contribution in [0.15, 0.2) is 24.5 Å². The number of carbonyl (C=O) groups excluding carboxylic acids is 5. The molecule has 1 aromatic rings. The quantitative estimate of drug-likeness (QED) is 0.254. The van der Waals surface area contributed by atoms with Crippen molar-refractivity contribution in [2.75, 3.05) is 6.54 Å². The largest absolute Gasteiger partial charge is 0.363 e. The summed E-state index contributed by atoms with van der Waals surface area (Å²) in [6.07, 6.45) is 16.2. The highest BCUT2D eigenvalue weighted by Crippen LogP contribution is 2.65. The molecule has 5 N–H and O–H groups in total. The molecule has 47 heavy (non-hydrogen) atoms. The number of ketones is 1. The normalized spacial score (nSPS) is 27.5. The highest BCUT2D eigenvalue weighted by atomic mass is 16.2. The number of carbonyl (C=O) groups is 5. The van der Waals surface area contributed by atoms with Gasteiger partial charge < -0.3 is 26.6 Å². The lowest BCUT2D eigenvalue weighted by atomic mass is 9.77. The van der Waals surface area contributed by atoms with Crippen LogP contribution in [-0.2, 0) is 25.6 Å². The zero-order valence-corrected chi connectivity index (χ0v) is 28.0. The van der Waals surface area contributed by atoms with Crippen LogP contribution in [0.25, 0.3) is 0 Å². The number of nitrogens with two attached hydrogens (primary N) is 1. The van der Waals surface area contributed by atoms with Gasteiger partial charge in [-0.3, -0.25) is 24.2 Å². The number of urea groups is 1. The number of nitrogens with one attached hydrogen (secondary N) is 3. The molecule has 1 unspecified atom stereocenters. The average molecular weight is 649 g/mol. The molecular formula is C36H52N6O5. The van der Waals surface area contributed by atoms with Crippen molar-refractivity contribution in [1.82, 2.24) is 25.8 Å². The number of hydrogen-bond acceptors (Lipinski definition) is 6. The van der Waals surface area contributed by atoms with E-state index in [1.807, 2.05) is 12.1 Å². The fourth-order valence-electron chi connectivity index (χ4n) is 9.07. The van der Waals surface area contributed by atoms with Crippen LogP contribution in [0.3, 0.4) is 0 Å². The third-order valence-electron chi connectivity index (χ3n) is 12.1. The molecule has 256 valence electrons. The molecule has 11 heteroatoms. The molecule has 11 nitrogen and oxygen atoms in total. The highest BCUT2D eigenvalue weighted by Gasteiger charge is 2.69. The van der Waals surface area contributed by atoms with Crippen LogP contribution in [0.1, 0.15) is 103 Å². The molecule has 6 rings (SSSR count). The van der Waals surface area contributed by atoms with E-state index in [-0.39, 0.29) is 41.0 Å². The molecule has 1 aliphatic heterocycles. The molecule has 4 saturated carbocycles. The van der Waals surface area contributed by atoms with Crippen LogP contribution in [0.5, 0.6) is 0 Å². The third kappa shape index (κ3) is 7.33. The van der Waals surface area contributed by atoms with Gasteiger partial charge in [-0.1, -0.05) is 65.2 Å². The van der Waals surface area contributed by atoms with E-state index in [0.717, 1.165) is 82.6 Å². The summed E-state index contributed by atoms with van der Waals surface area (Å²) in [5.74, 6) is -2.19. The van der Waals surface area contributed by atoms with Crippen molar-refractivity contribution in [2.24, 2.45) is 34.8 Å². The van der Waals surface area contributed by atoms with Gasteiger partial charge in [0.05, 0.1) is 6.04 Å². The number of hydrogen-bond donors (Lipinski definition) is 4. The lowest BCUT2D eigenvalue weighted by molar-refractivity contribution is -0.144. The smallest absolute Gasteiger partial charge is 0.315 e. The fourth-order valence-corrected chi connectivity index (χ4v) is 9.07. The van der Waals surface area contributed by atoms with Gasteiger partial charge in [0, 0.05) is 24.5 Å². The number of primary amides is 1. The van der Waals surface area contributed by atoms with Gasteiger partial charge in [-0.15, -0.1) is 0 Å². The number of amides is 5. The summed E-state index contributed by atoms with van der Waals surface area (Å²) in [6.45, 7) is 4.64. The van der Waals surface area contributed by atoms with E-state index in [1.165, 1.54) is 0 Å². The predicted molar refractivity (Wildman–Crippen MR) is 176 cm³/mol. The SMILES string of the molecule is CC1(C)[C@@H]2[C@@H](C(=O)NC(CC3CC3)C(=O)C(N)=O)N(C(=O)[C@@H](NC(=O)NC3(Cc4ccncc4)CCCCC3)C3CCCCC3)C[C@@H]21. The van der Waals surface area contributed by atoms with Crippen LogP contribution in [-0.4, -0.2) is 69.6 Å². The fraction of sp³-hybridized carbons (Fsp3) is 0.722. The maximum atomic E-state index is 14.6. The van der Waals surface area contributed by atoms with Crippen LogP contribution >= 0.6 is 0 Å². The molecule has 5 amide bonds. The van der Waals surface area contributed by atoms with Gasteiger partial charge in [0.1, 0.15) is 12.1 Å². The van der Waals surface area contributed by atoms with E-state index >= 15 is 0 Å². The first-order valence-electron chi connectivity index (χ1n) is 17.9. The standard InChI is InChI=1S/C36H52N6O5/c1-35(2)25-21-42(29(27(25)35)32(45)39-26(19-22-11-12-22)30(43)31(37)44)33(46)28(24-9-5-3-6-10-24)40-34(47)41-36(15-7-4-8-16-36)20-23-13-17-38-18-14-23/h13-14,17-18,22,24-29H,3-12,15-16,19-21H2,1-2H3,(H2,37,44)(H,39,45)(H2,40,41,47)/t25-,26?,27-,28-,29-/m0/s1. The van der Waals surface area contributed by atoms with E-state index in [9.17, 15) is 24.0 Å². The van der Waals surface area contributed by atoms with Crippen molar-refractivity contribution in [3.8, 4) is 0 Å². The highest BCUT2D eigenvalue weighted by molar-refractivity contribution is 6.37. The number of likely N-dealkylation sites (tertiary alicyclic amines) is 1. The van der Waals surface area contributed by atoms with Crippen LogP contribution in [0, 0.1) is 29.1 Å². The zero-order valence-electron chi connectivity index (χ0n) is 28.0. The molecule has 0 radical (unpaired) electrons. The van der Waals surface area contributed by atoms with Gasteiger partial charge in [-0.2, -0.15) is 0 Å². The summed E-state index contributed by atoms with van der Waals surface area (Å²) in [4.78, 5) is 72.9. The Bertz CT molecular complexity index is 1350. The molecule has 1 aromatic heterocycles. The molecular weight excluding hydrogens is 596 g/mol. The maximum Gasteiger partial charge on any atom is 0.315 e. The van der Waals surface area contributed by atoms with Crippen LogP contribution in [0.2, 0.25) is 0 Å². The average Bonchev–Trinajstić information content (AvgIpc) is 3.91. The Morgan fingerprint density at radius 3 is 2.23 bits per heavy atom. The third-order valence-corrected chi connectivity index (χ3v) is 12.1. The Kier molecular flexibility index (Phi) is 9.63. The first-order valence-corrected chi connectivity index (χ1v) is 17.9. The molecule has 5 fully saturated rings. The number of Topliss-reactive ketones (excluding diaryl/α,β-unsaturated/α-hetero) is 1. The second kappa shape index (κ2) is 13.5. The Hall–Kier alpha value is -3.50. The number of rotatable bonds is 12. The first kappa shape index (κ1) is 33.4. The lowest BCUT2D eigenvalue weighted by Gasteiger charge is -2.40. The molecule has 0 aromatic carbocycles. The Morgan fingerprint density at radius 2 is 1.60 bits per heavy atom. The Labute approximate surface area is 277 Å². The molecule has 1 saturated heterocycles. The van der Waals surface area contributed by atoms with Crippen LogP contribution < -0.4 is 21.7 Å². The van der Waals surface area contributed by atoms with Crippen molar-refractivity contribution in [2.45, 2.75) is 127 Å². The minimum Gasteiger partial charge on any atom is -0.363 e. The summed E-state index contributed by atoms with van der Waals surface area (Å²) in [6, 6.07) is 1.10. The first-order chi connectivity index (χ1) is 22.5. The van der Waals surface area contributed by atoms with E-state index < -0.39 is 41.3 Å². The molecule has 4 aliphatic carbocycles. The van der Waals surface area contributed by atoms with E-state index in [2.05, 4.69) is 34.8 Å². The van der Waals surface area contributed by atoms with E-state index in [1.54, 1.807) is 17.3 Å². The molecule has 0 bridgehead atoms. The Morgan fingerprint density at radius 1 is 0.936 bits per heavy atom. The maximum absolute atomic E-state index is 14.6. The van der Waals surface area contributed by atoms with Gasteiger partial charge >= 0.3 is 6.03 Å². The second-order valence-corrected chi connectivity index (χ2v) is 15.7. The summed E-state index contributed by atoms with van der Waals surface area (Å²) >= 11 is 0. The predicted octanol–water partition coefficient (Wildman–Crippen LogP) is 3.40. The van der Waals surface area contributed by atoms with Gasteiger partial charge in [-0.25, -0.2) is 4.79 Å². The van der Waals surface area contributed by atoms with Gasteiger partial charge in [0.25, 0.3) is 5.91 Å². The molecule has 5 aliphatic rings. The lowest BCUT2D eigenvalue weighted by Crippen LogP contribution is -2.62. The minimum atomic E-state index is -1.06. The van der Waals surface area contributed by atoms with Crippen molar-refractivity contribution < 1.29 is 24.0 Å². The van der Waals surface area contributed by atoms with E-state index in [0.29, 0.717) is 19.4 Å². The van der Waals surface area contributed by atoms with Crippen molar-refractivity contribution in [3.63, 3.8) is 0 Å². The van der Waals surface area contributed by atoms with Crippen molar-refractivity contribution in [3.05, 3.63) is 30.1 Å². The molecule has 2 heterocycles. The molecule has 5 atom stereocenters. The second-order valence-electron chi connectivity index (χ2n) is 15.7. The molecule has 0 spiro atoms. The number of pyridine rings is 1. The monoisotopic (exact) mass is 648 g/mol. The number of fused-ring (bicyclic) bond motifs is 1. The van der Waals surface area contributed by atoms with Gasteiger partial charge in [-0.05, 0) is 85.3 Å². The summed E-state index contributed by atoms with van der Waals surface area (Å²) < 4.78 is 0. The van der Waals surface area contributed by atoms with Crippen LogP contribution in [0.4, 0.5) is 4.79 Å². The zero-order chi connectivity index (χ0) is 33.3. The summed E-state index contributed by atoms with van der Waals surface area (Å²) in [5.41, 5.74) is 5.92. The summed E-state index contributed by atoms with van der Waals surface area (Å²) in [5, 5.41) is 9.32. The van der Waals surface area contributed by atoms with Crippen molar-refractivity contribution in [1.29, 1.82) is 0 Å². The number of nitrogens with zero attached hydrogens (tertiary/aromatic N) is 2. The van der Waals surface area contributed by atoms with Crippen molar-refractivity contribution >= 4 is 29.5 Å². The topological polar surface area (TPSA) is 164 Å². The van der Waals surface area contributed by atoms with E-state index in [4.69, 9.17) is 5.73 Å². The Balaban J connectivity index is 1.21. The summed E-state index contributed by atoms with van der Waals surface area (Å²) in [7, 11) is 0. The number of aromatic nitrogens is 1. The minimum absolute atomic E-state index is 0.0304. The van der Waals surface area contributed by atoms with Gasteiger partial charge in [0.2, 0.25) is 17.6 Å². The van der Waals surface area contributed by atoms with Gasteiger partial charge in [0.15, 0.2) is 0 Å². The number of piperidine rings is 1.